The number of nitrogens with one attached hydrogen (secondary N) is 2. The zero-order chi connectivity index (χ0) is 12.1. The molecule has 1 rings (SSSR count). The van der Waals surface area contributed by atoms with Crippen molar-refractivity contribution in [1.82, 2.24) is 5.32 Å². The topological polar surface area (TPSA) is 41.1 Å². The molecule has 0 heterocycles. The highest BCUT2D eigenvalue weighted by molar-refractivity contribution is 6.36. The first-order valence-corrected chi connectivity index (χ1v) is 5.79. The van der Waals surface area contributed by atoms with Gasteiger partial charge in [-0.25, -0.2) is 0 Å². The van der Waals surface area contributed by atoms with Crippen molar-refractivity contribution < 1.29 is 4.79 Å². The SMILES string of the molecule is CCNC(=O)C(C)Nc1ccc(Cl)cc1Cl. The molecule has 0 aliphatic heterocycles. The minimum Gasteiger partial charge on any atom is -0.373 e. The number of anilines is 1. The van der Waals surface area contributed by atoms with Gasteiger partial charge < -0.3 is 10.6 Å². The number of carbonyl (C=O) groups is 1. The van der Waals surface area contributed by atoms with E-state index in [9.17, 15) is 4.79 Å². The number of carbonyl (C=O) groups excluding carboxylic acids is 1. The Balaban J connectivity index is 2.69. The summed E-state index contributed by atoms with van der Waals surface area (Å²) in [6, 6.07) is 4.77. The maximum Gasteiger partial charge on any atom is 0.242 e. The van der Waals surface area contributed by atoms with E-state index in [1.54, 1.807) is 25.1 Å². The van der Waals surface area contributed by atoms with Crippen LogP contribution in [0.1, 0.15) is 13.8 Å². The predicted molar refractivity (Wildman–Crippen MR) is 68.2 cm³/mol. The molecule has 0 saturated heterocycles. The summed E-state index contributed by atoms with van der Waals surface area (Å²) < 4.78 is 0. The monoisotopic (exact) mass is 260 g/mol. The van der Waals surface area contributed by atoms with E-state index in [0.29, 0.717) is 22.3 Å². The van der Waals surface area contributed by atoms with E-state index in [1.165, 1.54) is 0 Å². The minimum atomic E-state index is -0.335. The molecule has 0 saturated carbocycles. The maximum absolute atomic E-state index is 11.5. The summed E-state index contributed by atoms with van der Waals surface area (Å²) in [5, 5.41) is 6.82. The van der Waals surface area contributed by atoms with Crippen LogP contribution in [0, 0.1) is 0 Å². The molecular weight excluding hydrogens is 247 g/mol. The van der Waals surface area contributed by atoms with Crippen molar-refractivity contribution in [2.45, 2.75) is 19.9 Å². The van der Waals surface area contributed by atoms with Gasteiger partial charge in [0.1, 0.15) is 6.04 Å². The third-order valence-electron chi connectivity index (χ3n) is 2.05. The molecule has 0 aliphatic rings. The van der Waals surface area contributed by atoms with Gasteiger partial charge in [-0.05, 0) is 32.0 Å². The van der Waals surface area contributed by atoms with Crippen molar-refractivity contribution in [3.05, 3.63) is 28.2 Å². The molecule has 16 heavy (non-hydrogen) atoms. The lowest BCUT2D eigenvalue weighted by Crippen LogP contribution is -2.37. The largest absolute Gasteiger partial charge is 0.373 e. The molecule has 0 spiro atoms. The van der Waals surface area contributed by atoms with Gasteiger partial charge in [-0.2, -0.15) is 0 Å². The highest BCUT2D eigenvalue weighted by Gasteiger charge is 2.12. The number of hydrogen-bond donors (Lipinski definition) is 2. The Morgan fingerprint density at radius 2 is 2.12 bits per heavy atom. The lowest BCUT2D eigenvalue weighted by molar-refractivity contribution is -0.121. The normalized spacial score (nSPS) is 12.0. The Morgan fingerprint density at radius 3 is 2.69 bits per heavy atom. The highest BCUT2D eigenvalue weighted by Crippen LogP contribution is 2.25. The van der Waals surface area contributed by atoms with Gasteiger partial charge >= 0.3 is 0 Å². The van der Waals surface area contributed by atoms with Gasteiger partial charge in [-0.1, -0.05) is 23.2 Å². The summed E-state index contributed by atoms with van der Waals surface area (Å²) in [6.45, 7) is 4.26. The molecule has 1 amide bonds. The second-order valence-corrected chi connectivity index (χ2v) is 4.23. The van der Waals surface area contributed by atoms with Gasteiger partial charge in [0.2, 0.25) is 5.91 Å². The molecule has 1 aromatic rings. The van der Waals surface area contributed by atoms with Crippen LogP contribution in [0.25, 0.3) is 0 Å². The fraction of sp³-hybridized carbons (Fsp3) is 0.364. The molecule has 2 N–H and O–H groups in total. The van der Waals surface area contributed by atoms with Gasteiger partial charge in [-0.3, -0.25) is 4.79 Å². The predicted octanol–water partition coefficient (Wildman–Crippen LogP) is 2.93. The summed E-state index contributed by atoms with van der Waals surface area (Å²) in [7, 11) is 0. The molecule has 5 heteroatoms. The Labute approximate surface area is 105 Å². The summed E-state index contributed by atoms with van der Waals surface area (Å²) >= 11 is 11.8. The zero-order valence-corrected chi connectivity index (χ0v) is 10.7. The van der Waals surface area contributed by atoms with E-state index in [1.807, 2.05) is 6.92 Å². The van der Waals surface area contributed by atoms with Crippen LogP contribution in [-0.2, 0) is 4.79 Å². The molecule has 0 aromatic heterocycles. The van der Waals surface area contributed by atoms with Crippen molar-refractivity contribution in [1.29, 1.82) is 0 Å². The van der Waals surface area contributed by atoms with Crippen molar-refractivity contribution in [3.63, 3.8) is 0 Å². The molecule has 0 aliphatic carbocycles. The number of likely N-dealkylation sites (N-methyl/N-ethyl adjacent to an activating group) is 1. The van der Waals surface area contributed by atoms with Crippen LogP contribution in [0.3, 0.4) is 0 Å². The van der Waals surface area contributed by atoms with Crippen LogP contribution in [0.5, 0.6) is 0 Å². The van der Waals surface area contributed by atoms with Gasteiger partial charge in [0.05, 0.1) is 10.7 Å². The van der Waals surface area contributed by atoms with Crippen LogP contribution in [0.4, 0.5) is 5.69 Å². The lowest BCUT2D eigenvalue weighted by atomic mass is 10.2. The average Bonchev–Trinajstić information content (AvgIpc) is 2.22. The maximum atomic E-state index is 11.5. The first kappa shape index (κ1) is 13.1. The van der Waals surface area contributed by atoms with E-state index in [4.69, 9.17) is 23.2 Å². The number of benzene rings is 1. The molecule has 1 atom stereocenters. The van der Waals surface area contributed by atoms with Crippen LogP contribution in [0.2, 0.25) is 10.0 Å². The Bertz CT molecular complexity index is 382. The van der Waals surface area contributed by atoms with Gasteiger partial charge in [0.25, 0.3) is 0 Å². The molecule has 3 nitrogen and oxygen atoms in total. The fourth-order valence-corrected chi connectivity index (χ4v) is 1.70. The first-order chi connectivity index (χ1) is 7.54. The van der Waals surface area contributed by atoms with Crippen molar-refractivity contribution >= 4 is 34.8 Å². The highest BCUT2D eigenvalue weighted by atomic mass is 35.5. The van der Waals surface area contributed by atoms with E-state index >= 15 is 0 Å². The minimum absolute atomic E-state index is 0.0616. The Hall–Kier alpha value is -0.930. The summed E-state index contributed by atoms with van der Waals surface area (Å²) in [6.07, 6.45) is 0. The number of rotatable bonds is 4. The van der Waals surface area contributed by atoms with Crippen LogP contribution >= 0.6 is 23.2 Å². The summed E-state index contributed by atoms with van der Waals surface area (Å²) in [4.78, 5) is 11.5. The number of hydrogen-bond acceptors (Lipinski definition) is 2. The summed E-state index contributed by atoms with van der Waals surface area (Å²) in [5.74, 6) is -0.0616. The lowest BCUT2D eigenvalue weighted by Gasteiger charge is -2.15. The van der Waals surface area contributed by atoms with Crippen LogP contribution in [0.15, 0.2) is 18.2 Å². The van der Waals surface area contributed by atoms with Crippen molar-refractivity contribution in [3.8, 4) is 0 Å². The van der Waals surface area contributed by atoms with E-state index in [2.05, 4.69) is 10.6 Å². The molecule has 1 unspecified atom stereocenters. The molecular formula is C11H14Cl2N2O. The standard InChI is InChI=1S/C11H14Cl2N2O/c1-3-14-11(16)7(2)15-10-5-4-8(12)6-9(10)13/h4-7,15H,3H2,1-2H3,(H,14,16). The smallest absolute Gasteiger partial charge is 0.242 e. The molecule has 1 aromatic carbocycles. The Kier molecular flexibility index (Phi) is 4.90. The van der Waals surface area contributed by atoms with Crippen molar-refractivity contribution in [2.75, 3.05) is 11.9 Å². The third-order valence-corrected chi connectivity index (χ3v) is 2.60. The third kappa shape index (κ3) is 3.58. The number of amides is 1. The molecule has 0 radical (unpaired) electrons. The van der Waals surface area contributed by atoms with E-state index < -0.39 is 0 Å². The molecule has 0 fully saturated rings. The van der Waals surface area contributed by atoms with Gasteiger partial charge in [0.15, 0.2) is 0 Å². The van der Waals surface area contributed by atoms with Gasteiger partial charge in [-0.15, -0.1) is 0 Å². The van der Waals surface area contributed by atoms with Crippen LogP contribution < -0.4 is 10.6 Å². The summed E-state index contributed by atoms with van der Waals surface area (Å²) in [5.41, 5.74) is 0.699. The quantitative estimate of drug-likeness (QED) is 0.874. The van der Waals surface area contributed by atoms with Crippen LogP contribution in [-0.4, -0.2) is 18.5 Å². The Morgan fingerprint density at radius 1 is 1.44 bits per heavy atom. The first-order valence-electron chi connectivity index (χ1n) is 5.04. The fourth-order valence-electron chi connectivity index (χ4n) is 1.23. The molecule has 88 valence electrons. The van der Waals surface area contributed by atoms with Gasteiger partial charge in [0, 0.05) is 11.6 Å². The van der Waals surface area contributed by atoms with E-state index in [0.717, 1.165) is 0 Å². The average molecular weight is 261 g/mol. The second kappa shape index (κ2) is 5.97. The van der Waals surface area contributed by atoms with E-state index in [-0.39, 0.29) is 11.9 Å². The second-order valence-electron chi connectivity index (χ2n) is 3.38. The zero-order valence-electron chi connectivity index (χ0n) is 9.18. The number of halogens is 2. The van der Waals surface area contributed by atoms with Crippen molar-refractivity contribution in [2.24, 2.45) is 0 Å². The molecule has 0 bridgehead atoms.